The number of hydrogen-bond acceptors (Lipinski definition) is 6. The third-order valence-corrected chi connectivity index (χ3v) is 4.18. The van der Waals surface area contributed by atoms with E-state index in [0.717, 1.165) is 0 Å². The molecule has 0 atom stereocenters. The van der Waals surface area contributed by atoms with Gasteiger partial charge in [0.25, 0.3) is 5.91 Å². The Balaban J connectivity index is 1.61. The molecule has 150 valence electrons. The molecule has 0 aromatic heterocycles. The molecule has 0 saturated carbocycles. The molecule has 2 aromatic carbocycles. The number of amides is 3. The van der Waals surface area contributed by atoms with Crippen molar-refractivity contribution in [2.45, 2.75) is 0 Å². The van der Waals surface area contributed by atoms with Crippen LogP contribution in [0.3, 0.4) is 0 Å². The van der Waals surface area contributed by atoms with Gasteiger partial charge in [0, 0.05) is 13.1 Å². The fraction of sp³-hybridized carbons (Fsp3) is 0.200. The first-order valence-electron chi connectivity index (χ1n) is 8.94. The van der Waals surface area contributed by atoms with Crippen LogP contribution in [0.5, 0.6) is 5.75 Å². The van der Waals surface area contributed by atoms with Crippen LogP contribution in [0.15, 0.2) is 53.6 Å². The van der Waals surface area contributed by atoms with Crippen molar-refractivity contribution in [3.05, 3.63) is 59.7 Å². The molecule has 1 heterocycles. The van der Waals surface area contributed by atoms with Crippen LogP contribution in [0.4, 0.5) is 5.69 Å². The summed E-state index contributed by atoms with van der Waals surface area (Å²) in [6, 6.07) is 12.6. The minimum Gasteiger partial charge on any atom is -0.508 e. The highest BCUT2D eigenvalue weighted by molar-refractivity contribution is 6.40. The molecule has 9 nitrogen and oxygen atoms in total. The van der Waals surface area contributed by atoms with E-state index in [9.17, 15) is 19.5 Å². The second-order valence-electron chi connectivity index (χ2n) is 6.19. The Morgan fingerprint density at radius 3 is 2.41 bits per heavy atom. The number of nitrogens with one attached hydrogen (secondary N) is 2. The molecule has 1 aliphatic rings. The molecule has 29 heavy (non-hydrogen) atoms. The maximum atomic E-state index is 12.7. The van der Waals surface area contributed by atoms with Gasteiger partial charge in [-0.05, 0) is 42.0 Å². The van der Waals surface area contributed by atoms with Crippen LogP contribution in [0.25, 0.3) is 0 Å². The van der Waals surface area contributed by atoms with Gasteiger partial charge in [-0.15, -0.1) is 0 Å². The number of phenolic OH excluding ortho intramolecular Hbond substituents is 1. The number of nitrogens with zero attached hydrogens (tertiary/aromatic N) is 2. The van der Waals surface area contributed by atoms with Gasteiger partial charge in [-0.2, -0.15) is 5.10 Å². The zero-order valence-corrected chi connectivity index (χ0v) is 15.5. The topological polar surface area (TPSA) is 120 Å². The smallest absolute Gasteiger partial charge is 0.329 e. The Bertz CT molecular complexity index is 921. The number of ether oxygens (including phenoxy) is 1. The minimum atomic E-state index is -0.978. The van der Waals surface area contributed by atoms with E-state index in [1.54, 1.807) is 41.3 Å². The molecule has 1 saturated heterocycles. The van der Waals surface area contributed by atoms with Crippen molar-refractivity contribution in [2.75, 3.05) is 31.6 Å². The summed E-state index contributed by atoms with van der Waals surface area (Å²) < 4.78 is 5.24. The summed E-state index contributed by atoms with van der Waals surface area (Å²) in [6.07, 6.45) is 1.33. The highest BCUT2D eigenvalue weighted by Gasteiger charge is 2.22. The number of benzene rings is 2. The van der Waals surface area contributed by atoms with Crippen LogP contribution >= 0.6 is 0 Å². The van der Waals surface area contributed by atoms with E-state index >= 15 is 0 Å². The first-order valence-corrected chi connectivity index (χ1v) is 8.94. The molecular weight excluding hydrogens is 376 g/mol. The van der Waals surface area contributed by atoms with Gasteiger partial charge in [-0.3, -0.25) is 14.4 Å². The quantitative estimate of drug-likeness (QED) is 0.404. The number of carbonyl (C=O) groups excluding carboxylic acids is 3. The van der Waals surface area contributed by atoms with Crippen LogP contribution in [-0.2, 0) is 14.3 Å². The van der Waals surface area contributed by atoms with Gasteiger partial charge >= 0.3 is 11.8 Å². The predicted molar refractivity (Wildman–Crippen MR) is 106 cm³/mol. The first kappa shape index (κ1) is 20.0. The van der Waals surface area contributed by atoms with E-state index in [0.29, 0.717) is 37.4 Å². The van der Waals surface area contributed by atoms with Crippen molar-refractivity contribution in [1.29, 1.82) is 0 Å². The van der Waals surface area contributed by atoms with E-state index in [2.05, 4.69) is 15.8 Å². The third-order valence-electron chi connectivity index (χ3n) is 4.18. The highest BCUT2D eigenvalue weighted by Crippen LogP contribution is 2.18. The van der Waals surface area contributed by atoms with Gasteiger partial charge < -0.3 is 20.1 Å². The summed E-state index contributed by atoms with van der Waals surface area (Å²) in [5.74, 6) is -2.06. The summed E-state index contributed by atoms with van der Waals surface area (Å²) in [5.41, 5.74) is 3.29. The lowest BCUT2D eigenvalue weighted by atomic mass is 10.1. The van der Waals surface area contributed by atoms with E-state index in [-0.39, 0.29) is 17.3 Å². The fourth-order valence-electron chi connectivity index (χ4n) is 2.67. The van der Waals surface area contributed by atoms with E-state index in [1.807, 2.05) is 0 Å². The number of rotatable bonds is 4. The van der Waals surface area contributed by atoms with Crippen LogP contribution in [0.2, 0.25) is 0 Å². The summed E-state index contributed by atoms with van der Waals surface area (Å²) in [4.78, 5) is 38.5. The van der Waals surface area contributed by atoms with Crippen LogP contribution in [-0.4, -0.2) is 60.2 Å². The van der Waals surface area contributed by atoms with E-state index in [4.69, 9.17) is 4.74 Å². The summed E-state index contributed by atoms with van der Waals surface area (Å²) in [7, 11) is 0. The van der Waals surface area contributed by atoms with Crippen molar-refractivity contribution in [1.82, 2.24) is 10.3 Å². The number of anilines is 1. The van der Waals surface area contributed by atoms with Gasteiger partial charge in [0.15, 0.2) is 0 Å². The molecule has 3 amide bonds. The average Bonchev–Trinajstić information content (AvgIpc) is 2.75. The molecule has 3 rings (SSSR count). The zero-order chi connectivity index (χ0) is 20.6. The molecule has 3 N–H and O–H groups in total. The molecular formula is C20H20N4O5. The Morgan fingerprint density at radius 1 is 1.00 bits per heavy atom. The lowest BCUT2D eigenvalue weighted by Crippen LogP contribution is -2.41. The highest BCUT2D eigenvalue weighted by atomic mass is 16.5. The normalized spacial score (nSPS) is 13.9. The number of morpholine rings is 1. The monoisotopic (exact) mass is 396 g/mol. The lowest BCUT2D eigenvalue weighted by molar-refractivity contribution is -0.136. The Kier molecular flexibility index (Phi) is 6.54. The number of hydrogen-bond donors (Lipinski definition) is 3. The van der Waals surface area contributed by atoms with Crippen LogP contribution in [0.1, 0.15) is 15.9 Å². The maximum absolute atomic E-state index is 12.7. The van der Waals surface area contributed by atoms with Gasteiger partial charge in [0.1, 0.15) is 5.75 Å². The molecule has 0 bridgehead atoms. The third kappa shape index (κ3) is 5.39. The molecule has 1 fully saturated rings. The predicted octanol–water partition coefficient (Wildman–Crippen LogP) is 0.953. The molecule has 0 aliphatic carbocycles. The second-order valence-corrected chi connectivity index (χ2v) is 6.19. The maximum Gasteiger partial charge on any atom is 0.329 e. The van der Waals surface area contributed by atoms with Crippen molar-refractivity contribution in [3.63, 3.8) is 0 Å². The molecule has 9 heteroatoms. The SMILES string of the molecule is O=C(NN=Cc1ccc(O)cc1)C(=O)Nc1ccccc1C(=O)N1CCOCC1. The average molecular weight is 396 g/mol. The van der Waals surface area contributed by atoms with Crippen LogP contribution in [0, 0.1) is 0 Å². The standard InChI is InChI=1S/C20H20N4O5/c25-15-7-5-14(6-8-15)13-21-23-19(27)18(26)22-17-4-2-1-3-16(17)20(28)24-9-11-29-12-10-24/h1-8,13,25H,9-12H2,(H,22,26)(H,23,27). The lowest BCUT2D eigenvalue weighted by Gasteiger charge is -2.27. The number of aromatic hydroxyl groups is 1. The molecule has 0 radical (unpaired) electrons. The van der Waals surface area contributed by atoms with Gasteiger partial charge in [-0.25, -0.2) is 5.43 Å². The summed E-state index contributed by atoms with van der Waals surface area (Å²) in [6.45, 7) is 1.85. The molecule has 1 aliphatic heterocycles. The van der Waals surface area contributed by atoms with Crippen molar-refractivity contribution in [2.24, 2.45) is 5.10 Å². The zero-order valence-electron chi connectivity index (χ0n) is 15.5. The van der Waals surface area contributed by atoms with E-state index < -0.39 is 11.8 Å². The van der Waals surface area contributed by atoms with Gasteiger partial charge in [-0.1, -0.05) is 12.1 Å². The Hall–Kier alpha value is -3.72. The first-order chi connectivity index (χ1) is 14.0. The number of para-hydroxylation sites is 1. The minimum absolute atomic E-state index is 0.107. The number of hydrazone groups is 1. The van der Waals surface area contributed by atoms with Crippen LogP contribution < -0.4 is 10.7 Å². The number of phenols is 1. The van der Waals surface area contributed by atoms with Crippen molar-refractivity contribution in [3.8, 4) is 5.75 Å². The summed E-state index contributed by atoms with van der Waals surface area (Å²) in [5, 5.41) is 15.4. The number of carbonyl (C=O) groups is 3. The van der Waals surface area contributed by atoms with Gasteiger partial charge in [0.05, 0.1) is 30.7 Å². The largest absolute Gasteiger partial charge is 0.508 e. The molecule has 0 spiro atoms. The Morgan fingerprint density at radius 2 is 1.69 bits per heavy atom. The van der Waals surface area contributed by atoms with E-state index in [1.165, 1.54) is 18.3 Å². The fourth-order valence-corrected chi connectivity index (χ4v) is 2.67. The molecule has 0 unspecified atom stereocenters. The van der Waals surface area contributed by atoms with Crippen molar-refractivity contribution >= 4 is 29.6 Å². The summed E-state index contributed by atoms with van der Waals surface area (Å²) >= 11 is 0. The second kappa shape index (κ2) is 9.47. The van der Waals surface area contributed by atoms with Crippen molar-refractivity contribution < 1.29 is 24.2 Å². The van der Waals surface area contributed by atoms with Gasteiger partial charge in [0.2, 0.25) is 0 Å². The molecule has 2 aromatic rings. The Labute approximate surface area is 167 Å².